The molecule has 1 saturated carbocycles. The van der Waals surface area contributed by atoms with Crippen molar-refractivity contribution in [2.45, 2.75) is 32.3 Å². The minimum absolute atomic E-state index is 0.00199. The maximum atomic E-state index is 11.6. The van der Waals surface area contributed by atoms with Crippen LogP contribution in [-0.2, 0) is 4.79 Å². The molecule has 0 aromatic rings. The fourth-order valence-corrected chi connectivity index (χ4v) is 1.56. The summed E-state index contributed by atoms with van der Waals surface area (Å²) in [6.45, 7) is 2.38. The molecule has 1 aliphatic carbocycles. The van der Waals surface area contributed by atoms with Crippen LogP contribution in [0.15, 0.2) is 0 Å². The van der Waals surface area contributed by atoms with Crippen LogP contribution in [0, 0.1) is 5.41 Å². The van der Waals surface area contributed by atoms with Gasteiger partial charge in [0, 0.05) is 13.1 Å². The molecule has 0 radical (unpaired) electrons. The van der Waals surface area contributed by atoms with Gasteiger partial charge in [0.15, 0.2) is 0 Å². The Morgan fingerprint density at radius 1 is 1.69 bits per heavy atom. The van der Waals surface area contributed by atoms with Crippen molar-refractivity contribution in [2.24, 2.45) is 11.1 Å². The number of nitrogens with two attached hydrogens (primary N) is 1. The Morgan fingerprint density at radius 2 is 2.31 bits per heavy atom. The van der Waals surface area contributed by atoms with E-state index in [1.54, 1.807) is 6.92 Å². The highest BCUT2D eigenvalue weighted by molar-refractivity contribution is 5.83. The summed E-state index contributed by atoms with van der Waals surface area (Å²) in [5.74, 6) is 0.00199. The van der Waals surface area contributed by atoms with Crippen LogP contribution < -0.4 is 11.1 Å². The standard InChI is InChI=1S/C9H18N2O2/c1-7(12)5-11-8(13)9(6-10)3-2-4-9/h7,12H,2-6,10H2,1H3,(H,11,13). The first-order valence-corrected chi connectivity index (χ1v) is 4.77. The molecular weight excluding hydrogens is 168 g/mol. The number of nitrogens with one attached hydrogen (secondary N) is 1. The molecule has 76 valence electrons. The number of amides is 1. The van der Waals surface area contributed by atoms with Crippen LogP contribution in [0.4, 0.5) is 0 Å². The Kier molecular flexibility index (Phi) is 3.27. The van der Waals surface area contributed by atoms with Crippen LogP contribution in [0.1, 0.15) is 26.2 Å². The summed E-state index contributed by atoms with van der Waals surface area (Å²) in [7, 11) is 0. The van der Waals surface area contributed by atoms with Crippen LogP contribution >= 0.6 is 0 Å². The first kappa shape index (κ1) is 10.5. The summed E-state index contributed by atoms with van der Waals surface area (Å²) < 4.78 is 0. The zero-order valence-electron chi connectivity index (χ0n) is 8.05. The van der Waals surface area contributed by atoms with Crippen LogP contribution in [0.5, 0.6) is 0 Å². The molecular formula is C9H18N2O2. The summed E-state index contributed by atoms with van der Waals surface area (Å²) in [6.07, 6.45) is 2.36. The third kappa shape index (κ3) is 2.19. The molecule has 0 aromatic carbocycles. The summed E-state index contributed by atoms with van der Waals surface area (Å²) in [5, 5.41) is 11.7. The summed E-state index contributed by atoms with van der Waals surface area (Å²) in [4.78, 5) is 11.6. The van der Waals surface area contributed by atoms with Crippen molar-refractivity contribution in [1.29, 1.82) is 0 Å². The predicted molar refractivity (Wildman–Crippen MR) is 50.0 cm³/mol. The lowest BCUT2D eigenvalue weighted by atomic mass is 9.68. The van der Waals surface area contributed by atoms with Gasteiger partial charge in [-0.3, -0.25) is 4.79 Å². The van der Waals surface area contributed by atoms with Crippen LogP contribution in [-0.4, -0.2) is 30.2 Å². The number of hydrogen-bond acceptors (Lipinski definition) is 3. The molecule has 1 atom stereocenters. The van der Waals surface area contributed by atoms with Crippen LogP contribution in [0.25, 0.3) is 0 Å². The second kappa shape index (κ2) is 4.07. The molecule has 0 aromatic heterocycles. The van der Waals surface area contributed by atoms with Gasteiger partial charge in [-0.25, -0.2) is 0 Å². The highest BCUT2D eigenvalue weighted by atomic mass is 16.3. The summed E-state index contributed by atoms with van der Waals surface area (Å²) >= 11 is 0. The van der Waals surface area contributed by atoms with Crippen molar-refractivity contribution in [3.05, 3.63) is 0 Å². The average Bonchev–Trinajstić information content (AvgIpc) is 2.00. The van der Waals surface area contributed by atoms with Crippen molar-refractivity contribution >= 4 is 5.91 Å². The van der Waals surface area contributed by atoms with E-state index in [0.29, 0.717) is 13.1 Å². The minimum Gasteiger partial charge on any atom is -0.392 e. The second-order valence-corrected chi connectivity index (χ2v) is 3.90. The van der Waals surface area contributed by atoms with Gasteiger partial charge in [0.1, 0.15) is 0 Å². The molecule has 0 spiro atoms. The number of aliphatic hydroxyl groups excluding tert-OH is 1. The average molecular weight is 186 g/mol. The van der Waals surface area contributed by atoms with Crippen molar-refractivity contribution < 1.29 is 9.90 Å². The largest absolute Gasteiger partial charge is 0.392 e. The molecule has 1 amide bonds. The fourth-order valence-electron chi connectivity index (χ4n) is 1.56. The summed E-state index contributed by atoms with van der Waals surface area (Å²) in [5.41, 5.74) is 5.23. The second-order valence-electron chi connectivity index (χ2n) is 3.90. The van der Waals surface area contributed by atoms with E-state index in [4.69, 9.17) is 10.8 Å². The van der Waals surface area contributed by atoms with Gasteiger partial charge in [-0.05, 0) is 19.8 Å². The number of rotatable bonds is 4. The molecule has 0 heterocycles. The zero-order chi connectivity index (χ0) is 9.90. The van der Waals surface area contributed by atoms with Gasteiger partial charge in [0.25, 0.3) is 0 Å². The molecule has 4 N–H and O–H groups in total. The maximum absolute atomic E-state index is 11.6. The Morgan fingerprint density at radius 3 is 2.62 bits per heavy atom. The van der Waals surface area contributed by atoms with Crippen LogP contribution in [0.2, 0.25) is 0 Å². The smallest absolute Gasteiger partial charge is 0.227 e. The molecule has 1 fully saturated rings. The molecule has 1 unspecified atom stereocenters. The molecule has 4 heteroatoms. The van der Waals surface area contributed by atoms with Gasteiger partial charge in [-0.2, -0.15) is 0 Å². The van der Waals surface area contributed by atoms with Gasteiger partial charge >= 0.3 is 0 Å². The maximum Gasteiger partial charge on any atom is 0.227 e. The van der Waals surface area contributed by atoms with E-state index in [1.165, 1.54) is 0 Å². The lowest BCUT2D eigenvalue weighted by molar-refractivity contribution is -0.135. The predicted octanol–water partition coefficient (Wildman–Crippen LogP) is -0.388. The Balaban J connectivity index is 2.37. The molecule has 1 rings (SSSR count). The molecule has 13 heavy (non-hydrogen) atoms. The highest BCUT2D eigenvalue weighted by Gasteiger charge is 2.42. The van der Waals surface area contributed by atoms with E-state index in [2.05, 4.69) is 5.32 Å². The Hall–Kier alpha value is -0.610. The first-order chi connectivity index (χ1) is 6.10. The van der Waals surface area contributed by atoms with E-state index in [1.807, 2.05) is 0 Å². The lowest BCUT2D eigenvalue weighted by Gasteiger charge is -2.39. The Labute approximate surface area is 78.5 Å². The number of hydrogen-bond donors (Lipinski definition) is 3. The van der Waals surface area contributed by atoms with E-state index in [0.717, 1.165) is 19.3 Å². The SMILES string of the molecule is CC(O)CNC(=O)C1(CN)CCC1. The number of carbonyl (C=O) groups excluding carboxylic acids is 1. The Bertz CT molecular complexity index is 183. The molecule has 0 saturated heterocycles. The minimum atomic E-state index is -0.487. The quantitative estimate of drug-likeness (QED) is 0.560. The third-order valence-electron chi connectivity index (χ3n) is 2.74. The van der Waals surface area contributed by atoms with Crippen molar-refractivity contribution in [2.75, 3.05) is 13.1 Å². The lowest BCUT2D eigenvalue weighted by Crippen LogP contribution is -2.51. The fraction of sp³-hybridized carbons (Fsp3) is 0.889. The first-order valence-electron chi connectivity index (χ1n) is 4.77. The molecule has 0 aliphatic heterocycles. The van der Waals surface area contributed by atoms with Crippen LogP contribution in [0.3, 0.4) is 0 Å². The zero-order valence-corrected chi connectivity index (χ0v) is 8.05. The van der Waals surface area contributed by atoms with Gasteiger partial charge in [-0.1, -0.05) is 6.42 Å². The molecule has 0 bridgehead atoms. The van der Waals surface area contributed by atoms with Crippen molar-refractivity contribution in [3.8, 4) is 0 Å². The number of aliphatic hydroxyl groups is 1. The van der Waals surface area contributed by atoms with Gasteiger partial charge < -0.3 is 16.2 Å². The van der Waals surface area contributed by atoms with Crippen molar-refractivity contribution in [1.82, 2.24) is 5.32 Å². The van der Waals surface area contributed by atoms with E-state index < -0.39 is 6.10 Å². The molecule has 4 nitrogen and oxygen atoms in total. The van der Waals surface area contributed by atoms with E-state index in [-0.39, 0.29) is 11.3 Å². The normalized spacial score (nSPS) is 21.8. The van der Waals surface area contributed by atoms with E-state index in [9.17, 15) is 4.79 Å². The summed E-state index contributed by atoms with van der Waals surface area (Å²) in [6, 6.07) is 0. The van der Waals surface area contributed by atoms with E-state index >= 15 is 0 Å². The van der Waals surface area contributed by atoms with Gasteiger partial charge in [-0.15, -0.1) is 0 Å². The third-order valence-corrected chi connectivity index (χ3v) is 2.74. The number of carbonyl (C=O) groups is 1. The van der Waals surface area contributed by atoms with Crippen molar-refractivity contribution in [3.63, 3.8) is 0 Å². The van der Waals surface area contributed by atoms with Gasteiger partial charge in [0.05, 0.1) is 11.5 Å². The van der Waals surface area contributed by atoms with Gasteiger partial charge in [0.2, 0.25) is 5.91 Å². The monoisotopic (exact) mass is 186 g/mol. The topological polar surface area (TPSA) is 75.3 Å². The highest BCUT2D eigenvalue weighted by Crippen LogP contribution is 2.39. The molecule has 1 aliphatic rings.